The van der Waals surface area contributed by atoms with E-state index in [1.165, 1.54) is 6.07 Å². The number of hydrogen-bond donors (Lipinski definition) is 1. The van der Waals surface area contributed by atoms with Crippen molar-refractivity contribution in [1.29, 1.82) is 0 Å². The first-order chi connectivity index (χ1) is 15.0. The van der Waals surface area contributed by atoms with Crippen LogP contribution in [0, 0.1) is 22.0 Å². The third kappa shape index (κ3) is 4.23. The average Bonchev–Trinajstić information content (AvgIpc) is 2.79. The van der Waals surface area contributed by atoms with E-state index in [4.69, 9.17) is 0 Å². The number of pyridine rings is 2. The lowest BCUT2D eigenvalue weighted by Crippen LogP contribution is -2.13. The summed E-state index contributed by atoms with van der Waals surface area (Å²) in [5.41, 5.74) is 2.41. The number of nitro benzene ring substituents is 1. The Morgan fingerprint density at radius 1 is 1.06 bits per heavy atom. The molecule has 0 aliphatic carbocycles. The van der Waals surface area contributed by atoms with Gasteiger partial charge >= 0.3 is 0 Å². The molecule has 0 aliphatic heterocycles. The van der Waals surface area contributed by atoms with Gasteiger partial charge in [0.25, 0.3) is 11.6 Å². The molecule has 31 heavy (non-hydrogen) atoms. The Kier molecular flexibility index (Phi) is 5.37. The number of rotatable bonds is 4. The number of carbonyl (C=O) groups excluding carboxylic acids is 1. The van der Waals surface area contributed by atoms with Crippen LogP contribution < -0.4 is 5.32 Å². The molecule has 1 N–H and O–H groups in total. The Balaban J connectivity index is 1.63. The highest BCUT2D eigenvalue weighted by Crippen LogP contribution is 2.31. The van der Waals surface area contributed by atoms with E-state index >= 15 is 0 Å². The summed E-state index contributed by atoms with van der Waals surface area (Å²) in [6.07, 6.45) is 1.62. The number of anilines is 1. The number of aromatic nitrogens is 2. The second-order valence-corrected chi connectivity index (χ2v) is 6.64. The molecule has 0 bridgehead atoms. The molecule has 0 saturated carbocycles. The van der Waals surface area contributed by atoms with Crippen LogP contribution in [0.5, 0.6) is 0 Å². The normalized spacial score (nSPS) is 10.2. The lowest BCUT2D eigenvalue weighted by atomic mass is 10.00. The van der Waals surface area contributed by atoms with Crippen LogP contribution in [0.4, 0.5) is 11.5 Å². The van der Waals surface area contributed by atoms with Gasteiger partial charge in [-0.05, 0) is 61.0 Å². The molecule has 4 rings (SSSR count). The van der Waals surface area contributed by atoms with Crippen molar-refractivity contribution in [2.45, 2.75) is 6.92 Å². The Hall–Kier alpha value is -4.57. The molecule has 0 atom stereocenters. The summed E-state index contributed by atoms with van der Waals surface area (Å²) in [7, 11) is 0. The number of nitro groups is 1. The highest BCUT2D eigenvalue weighted by atomic mass is 16.6. The number of fused-ring (bicyclic) bond motifs is 1. The number of carbonyl (C=O) groups is 1. The SMILES string of the molecule is CC#Cc1ccc(-c2ccc(C(=O)Nc3ccc4cccnc4n3)cc2[N+](=O)[O-])cc1. The first kappa shape index (κ1) is 19.7. The van der Waals surface area contributed by atoms with Gasteiger partial charge in [-0.25, -0.2) is 9.97 Å². The first-order valence-corrected chi connectivity index (χ1v) is 9.40. The minimum Gasteiger partial charge on any atom is -0.306 e. The fraction of sp³-hybridized carbons (Fsp3) is 0.0417. The molecule has 0 aliphatic rings. The van der Waals surface area contributed by atoms with Crippen molar-refractivity contribution in [3.05, 3.63) is 94.2 Å². The molecule has 7 nitrogen and oxygen atoms in total. The third-order valence-corrected chi connectivity index (χ3v) is 4.63. The van der Waals surface area contributed by atoms with Crippen molar-refractivity contribution in [1.82, 2.24) is 9.97 Å². The largest absolute Gasteiger partial charge is 0.306 e. The smallest absolute Gasteiger partial charge is 0.277 e. The molecule has 0 spiro atoms. The van der Waals surface area contributed by atoms with Crippen molar-refractivity contribution in [3.63, 3.8) is 0 Å². The van der Waals surface area contributed by atoms with E-state index in [0.29, 0.717) is 22.6 Å². The van der Waals surface area contributed by atoms with E-state index in [9.17, 15) is 14.9 Å². The van der Waals surface area contributed by atoms with Gasteiger partial charge < -0.3 is 5.32 Å². The molecule has 7 heteroatoms. The second kappa shape index (κ2) is 8.43. The lowest BCUT2D eigenvalue weighted by Gasteiger charge is -2.08. The Morgan fingerprint density at radius 2 is 1.87 bits per heavy atom. The van der Waals surface area contributed by atoms with Crippen molar-refractivity contribution < 1.29 is 9.72 Å². The van der Waals surface area contributed by atoms with E-state index in [0.717, 1.165) is 10.9 Å². The molecule has 150 valence electrons. The fourth-order valence-corrected chi connectivity index (χ4v) is 3.16. The number of benzene rings is 2. The van der Waals surface area contributed by atoms with Crippen molar-refractivity contribution in [2.24, 2.45) is 0 Å². The zero-order chi connectivity index (χ0) is 21.8. The van der Waals surface area contributed by atoms with E-state index in [1.807, 2.05) is 6.07 Å². The van der Waals surface area contributed by atoms with Gasteiger partial charge in [0.15, 0.2) is 5.65 Å². The van der Waals surface area contributed by atoms with Crippen LogP contribution in [0.15, 0.2) is 72.9 Å². The lowest BCUT2D eigenvalue weighted by molar-refractivity contribution is -0.384. The highest BCUT2D eigenvalue weighted by Gasteiger charge is 2.19. The molecule has 4 aromatic rings. The Labute approximate surface area is 177 Å². The van der Waals surface area contributed by atoms with Gasteiger partial charge in [0, 0.05) is 28.8 Å². The Bertz CT molecular complexity index is 1370. The molecular weight excluding hydrogens is 392 g/mol. The van der Waals surface area contributed by atoms with Crippen LogP contribution >= 0.6 is 0 Å². The summed E-state index contributed by atoms with van der Waals surface area (Å²) < 4.78 is 0. The summed E-state index contributed by atoms with van der Waals surface area (Å²) in [6.45, 7) is 1.74. The third-order valence-electron chi connectivity index (χ3n) is 4.63. The molecule has 2 aromatic carbocycles. The van der Waals surface area contributed by atoms with Crippen LogP contribution in [0.25, 0.3) is 22.2 Å². The summed E-state index contributed by atoms with van der Waals surface area (Å²) in [6, 6.07) is 18.7. The zero-order valence-corrected chi connectivity index (χ0v) is 16.5. The predicted octanol–water partition coefficient (Wildman–Crippen LogP) is 4.83. The molecule has 1 amide bonds. The quantitative estimate of drug-likeness (QED) is 0.296. The minimum atomic E-state index is -0.496. The second-order valence-electron chi connectivity index (χ2n) is 6.64. The van der Waals surface area contributed by atoms with Gasteiger partial charge in [0.1, 0.15) is 5.82 Å². The molecule has 0 unspecified atom stereocenters. The van der Waals surface area contributed by atoms with Gasteiger partial charge in [-0.15, -0.1) is 5.92 Å². The van der Waals surface area contributed by atoms with Gasteiger partial charge in [-0.2, -0.15) is 0 Å². The summed E-state index contributed by atoms with van der Waals surface area (Å²) >= 11 is 0. The monoisotopic (exact) mass is 408 g/mol. The van der Waals surface area contributed by atoms with E-state index in [-0.39, 0.29) is 11.3 Å². The number of amides is 1. The maximum absolute atomic E-state index is 12.7. The molecule has 2 aromatic heterocycles. The standard InChI is InChI=1S/C24H16N4O3/c1-2-4-16-6-8-17(9-7-16)20-12-10-19(15-21(20)28(30)31)24(29)27-22-13-11-18-5-3-14-25-23(18)26-22/h3,5-15H,1H3,(H,25,26,27,29). The fourth-order valence-electron chi connectivity index (χ4n) is 3.16. The Morgan fingerprint density at radius 3 is 2.61 bits per heavy atom. The molecule has 0 saturated heterocycles. The van der Waals surface area contributed by atoms with Crippen molar-refractivity contribution in [2.75, 3.05) is 5.32 Å². The summed E-state index contributed by atoms with van der Waals surface area (Å²) in [5, 5.41) is 15.2. The van der Waals surface area contributed by atoms with Gasteiger partial charge in [-0.1, -0.05) is 18.1 Å². The number of nitrogens with one attached hydrogen (secondary N) is 1. The predicted molar refractivity (Wildman–Crippen MR) is 119 cm³/mol. The maximum atomic E-state index is 12.7. The van der Waals surface area contributed by atoms with Crippen molar-refractivity contribution in [3.8, 4) is 23.0 Å². The minimum absolute atomic E-state index is 0.157. The molecule has 0 radical (unpaired) electrons. The molecule has 2 heterocycles. The van der Waals surface area contributed by atoms with Crippen LogP contribution in [0.3, 0.4) is 0 Å². The van der Waals surface area contributed by atoms with Crippen molar-refractivity contribution >= 4 is 28.4 Å². The van der Waals surface area contributed by atoms with Crippen LogP contribution in [0.2, 0.25) is 0 Å². The van der Waals surface area contributed by atoms with E-state index in [1.54, 1.807) is 67.7 Å². The molecular formula is C24H16N4O3. The van der Waals surface area contributed by atoms with E-state index in [2.05, 4.69) is 27.1 Å². The maximum Gasteiger partial charge on any atom is 0.277 e. The highest BCUT2D eigenvalue weighted by molar-refractivity contribution is 6.05. The summed E-state index contributed by atoms with van der Waals surface area (Å²) in [5.74, 6) is 5.57. The van der Waals surface area contributed by atoms with E-state index < -0.39 is 10.8 Å². The number of hydrogen-bond acceptors (Lipinski definition) is 5. The topological polar surface area (TPSA) is 98.0 Å². The van der Waals surface area contributed by atoms with Crippen LogP contribution in [0.1, 0.15) is 22.8 Å². The average molecular weight is 408 g/mol. The van der Waals surface area contributed by atoms with Crippen LogP contribution in [-0.2, 0) is 0 Å². The van der Waals surface area contributed by atoms with Gasteiger partial charge in [-0.3, -0.25) is 14.9 Å². The van der Waals surface area contributed by atoms with Gasteiger partial charge in [0.05, 0.1) is 10.5 Å². The van der Waals surface area contributed by atoms with Crippen LogP contribution in [-0.4, -0.2) is 20.8 Å². The number of nitrogens with zero attached hydrogens (tertiary/aromatic N) is 3. The van der Waals surface area contributed by atoms with Gasteiger partial charge in [0.2, 0.25) is 0 Å². The molecule has 0 fully saturated rings. The first-order valence-electron chi connectivity index (χ1n) is 9.40. The zero-order valence-electron chi connectivity index (χ0n) is 16.5. The summed E-state index contributed by atoms with van der Waals surface area (Å²) in [4.78, 5) is 32.3.